The summed E-state index contributed by atoms with van der Waals surface area (Å²) in [5.41, 5.74) is 16.7. The molecule has 0 radical (unpaired) electrons. The lowest BCUT2D eigenvalue weighted by Gasteiger charge is -2.36. The molecule has 232 valence electrons. The average Bonchev–Trinajstić information content (AvgIpc) is 3.82. The number of fused-ring (bicyclic) bond motifs is 19. The molecule has 0 saturated carbocycles. The first kappa shape index (κ1) is 26.6. The van der Waals surface area contributed by atoms with Crippen molar-refractivity contribution in [3.05, 3.63) is 186 Å². The molecule has 12 rings (SSSR count). The van der Waals surface area contributed by atoms with E-state index in [1.807, 2.05) is 0 Å². The van der Waals surface area contributed by atoms with Crippen LogP contribution in [0.2, 0.25) is 0 Å². The van der Waals surface area contributed by atoms with Crippen molar-refractivity contribution in [3.8, 4) is 22.3 Å². The van der Waals surface area contributed by atoms with E-state index in [2.05, 4.69) is 168 Å². The number of allylic oxidation sites excluding steroid dienone is 4. The lowest BCUT2D eigenvalue weighted by Crippen LogP contribution is -2.32. The number of hydrogen-bond donors (Lipinski definition) is 0. The maximum Gasteiger partial charge on any atom is 0.147 e. The average molecular weight is 636 g/mol. The Kier molecular flexibility index (Phi) is 5.02. The zero-order chi connectivity index (χ0) is 32.6. The van der Waals surface area contributed by atoms with Crippen LogP contribution in [0.5, 0.6) is 0 Å². The summed E-state index contributed by atoms with van der Waals surface area (Å²) >= 11 is 0. The largest absolute Gasteiger partial charge is 0.292 e. The van der Waals surface area contributed by atoms with Gasteiger partial charge in [0.2, 0.25) is 0 Å². The third-order valence-corrected chi connectivity index (χ3v) is 11.8. The maximum absolute atomic E-state index is 5.24. The van der Waals surface area contributed by atoms with E-state index in [0.717, 1.165) is 49.4 Å². The van der Waals surface area contributed by atoms with Crippen LogP contribution in [-0.2, 0) is 5.41 Å². The van der Waals surface area contributed by atoms with Crippen molar-refractivity contribution < 1.29 is 0 Å². The summed E-state index contributed by atoms with van der Waals surface area (Å²) in [6.45, 7) is 0. The van der Waals surface area contributed by atoms with Gasteiger partial charge in [-0.1, -0.05) is 127 Å². The zero-order valence-corrected chi connectivity index (χ0v) is 27.1. The Labute approximate surface area is 288 Å². The highest BCUT2D eigenvalue weighted by molar-refractivity contribution is 6.15. The molecule has 0 fully saturated rings. The zero-order valence-electron chi connectivity index (χ0n) is 27.1. The van der Waals surface area contributed by atoms with Crippen LogP contribution in [0.25, 0.3) is 71.6 Å². The molecule has 3 aliphatic rings. The third-order valence-electron chi connectivity index (χ3n) is 11.8. The van der Waals surface area contributed by atoms with Crippen molar-refractivity contribution in [3.63, 3.8) is 0 Å². The molecular formula is C47H29N3. The monoisotopic (exact) mass is 635 g/mol. The van der Waals surface area contributed by atoms with Crippen LogP contribution in [0, 0.1) is 5.92 Å². The molecule has 0 aliphatic heterocycles. The van der Waals surface area contributed by atoms with Crippen molar-refractivity contribution in [1.82, 2.24) is 14.4 Å². The number of hydrogen-bond acceptors (Lipinski definition) is 2. The van der Waals surface area contributed by atoms with E-state index in [1.165, 1.54) is 44.5 Å². The van der Waals surface area contributed by atoms with Crippen molar-refractivity contribution in [2.75, 3.05) is 0 Å². The minimum absolute atomic E-state index is 0.254. The molecule has 3 aliphatic carbocycles. The topological polar surface area (TPSA) is 30.2 Å². The molecule has 0 amide bonds. The van der Waals surface area contributed by atoms with Gasteiger partial charge in [-0.3, -0.25) is 4.40 Å². The van der Waals surface area contributed by atoms with E-state index in [9.17, 15) is 0 Å². The minimum Gasteiger partial charge on any atom is -0.292 e. The van der Waals surface area contributed by atoms with Crippen LogP contribution < -0.4 is 0 Å². The fraction of sp³-hybridized carbons (Fsp3) is 0.0638. The van der Waals surface area contributed by atoms with Gasteiger partial charge in [-0.05, 0) is 80.9 Å². The summed E-state index contributed by atoms with van der Waals surface area (Å²) in [5, 5.41) is 3.32. The van der Waals surface area contributed by atoms with Gasteiger partial charge in [0.05, 0.1) is 33.0 Å². The number of aromatic nitrogens is 3. The molecule has 0 bridgehead atoms. The smallest absolute Gasteiger partial charge is 0.147 e. The fourth-order valence-electron chi connectivity index (χ4n) is 9.82. The Morgan fingerprint density at radius 2 is 1.26 bits per heavy atom. The lowest BCUT2D eigenvalue weighted by atomic mass is 9.65. The van der Waals surface area contributed by atoms with Crippen LogP contribution in [0.1, 0.15) is 28.2 Å². The number of benzene rings is 6. The molecule has 3 heteroatoms. The molecular weight excluding hydrogens is 607 g/mol. The quantitative estimate of drug-likeness (QED) is 0.133. The molecule has 0 saturated heterocycles. The van der Waals surface area contributed by atoms with E-state index in [4.69, 9.17) is 9.97 Å². The van der Waals surface area contributed by atoms with Gasteiger partial charge in [0.1, 0.15) is 5.65 Å². The standard InChI is InChI=1S/C47H29N3/c1-8-18-41-30(11-1)25-36-45(48-41)35-24-22-29(27-44(35)50-43-20-10-9-19-42(43)49-46(36)50)28-21-23-34-33-14-4-7-17-39(33)47(40(34)26-28)37-15-5-2-12-31(37)32-13-3-6-16-38(32)47/h1-27,31,37H. The molecule has 50 heavy (non-hydrogen) atoms. The molecule has 1 spiro atoms. The van der Waals surface area contributed by atoms with E-state index >= 15 is 0 Å². The van der Waals surface area contributed by atoms with Crippen molar-refractivity contribution in [2.45, 2.75) is 11.3 Å². The van der Waals surface area contributed by atoms with E-state index in [0.29, 0.717) is 11.8 Å². The van der Waals surface area contributed by atoms with Gasteiger partial charge in [-0.2, -0.15) is 0 Å². The van der Waals surface area contributed by atoms with Crippen LogP contribution in [0.15, 0.2) is 164 Å². The second-order valence-corrected chi connectivity index (χ2v) is 14.1. The van der Waals surface area contributed by atoms with E-state index in [-0.39, 0.29) is 5.41 Å². The van der Waals surface area contributed by atoms with Crippen LogP contribution in [-0.4, -0.2) is 14.4 Å². The Hall–Kier alpha value is -6.32. The molecule has 0 N–H and O–H groups in total. The first-order chi connectivity index (χ1) is 24.8. The Balaban J connectivity index is 1.15. The third kappa shape index (κ3) is 3.21. The SMILES string of the molecule is C1=CC2c3ccccc3C3(c4ccccc4-c4ccc(-c5ccc6c7nc8ccccc8cc7c7nc8ccccc8n7c6c5)cc43)C2C=C1. The second-order valence-electron chi connectivity index (χ2n) is 14.1. The first-order valence-corrected chi connectivity index (χ1v) is 17.5. The molecule has 3 heterocycles. The molecule has 9 aromatic rings. The summed E-state index contributed by atoms with van der Waals surface area (Å²) in [4.78, 5) is 10.4. The van der Waals surface area contributed by atoms with Crippen molar-refractivity contribution >= 4 is 49.4 Å². The molecule has 3 aromatic heterocycles. The van der Waals surface area contributed by atoms with Crippen molar-refractivity contribution in [2.24, 2.45) is 5.92 Å². The minimum atomic E-state index is -0.254. The molecule has 3 unspecified atom stereocenters. The first-order valence-electron chi connectivity index (χ1n) is 17.5. The summed E-state index contributed by atoms with van der Waals surface area (Å²) in [7, 11) is 0. The number of rotatable bonds is 1. The predicted molar refractivity (Wildman–Crippen MR) is 205 cm³/mol. The lowest BCUT2D eigenvalue weighted by molar-refractivity contribution is 0.465. The van der Waals surface area contributed by atoms with Crippen LogP contribution >= 0.6 is 0 Å². The van der Waals surface area contributed by atoms with Gasteiger partial charge in [0.15, 0.2) is 0 Å². The maximum atomic E-state index is 5.24. The number of pyridine rings is 2. The van der Waals surface area contributed by atoms with Crippen molar-refractivity contribution in [1.29, 1.82) is 0 Å². The highest BCUT2D eigenvalue weighted by Crippen LogP contribution is 2.65. The summed E-state index contributed by atoms with van der Waals surface area (Å²) < 4.78 is 2.34. The fourth-order valence-corrected chi connectivity index (χ4v) is 9.82. The highest BCUT2D eigenvalue weighted by atomic mass is 15.0. The summed E-state index contributed by atoms with van der Waals surface area (Å²) in [6.07, 6.45) is 9.35. The van der Waals surface area contributed by atoms with Crippen LogP contribution in [0.4, 0.5) is 0 Å². The second kappa shape index (κ2) is 9.43. The van der Waals surface area contributed by atoms with E-state index < -0.39 is 0 Å². The van der Waals surface area contributed by atoms with Gasteiger partial charge >= 0.3 is 0 Å². The normalized spacial score (nSPS) is 19.9. The van der Waals surface area contributed by atoms with Gasteiger partial charge in [0, 0.05) is 28.0 Å². The highest BCUT2D eigenvalue weighted by Gasteiger charge is 2.56. The number of nitrogens with zero attached hydrogens (tertiary/aromatic N) is 3. The van der Waals surface area contributed by atoms with Gasteiger partial charge in [-0.15, -0.1) is 0 Å². The molecule has 3 atom stereocenters. The van der Waals surface area contributed by atoms with Gasteiger partial charge < -0.3 is 0 Å². The summed E-state index contributed by atoms with van der Waals surface area (Å²) in [5.74, 6) is 0.655. The molecule has 3 nitrogen and oxygen atoms in total. The number of para-hydroxylation sites is 3. The summed E-state index contributed by atoms with van der Waals surface area (Å²) in [6, 6.07) is 51.5. The Morgan fingerprint density at radius 3 is 2.22 bits per heavy atom. The molecule has 6 aromatic carbocycles. The Morgan fingerprint density at radius 1 is 0.520 bits per heavy atom. The van der Waals surface area contributed by atoms with Gasteiger partial charge in [-0.25, -0.2) is 9.97 Å². The van der Waals surface area contributed by atoms with E-state index in [1.54, 1.807) is 0 Å². The van der Waals surface area contributed by atoms with Gasteiger partial charge in [0.25, 0.3) is 0 Å². The Bertz CT molecular complexity index is 3020. The van der Waals surface area contributed by atoms with Crippen LogP contribution in [0.3, 0.4) is 0 Å². The number of imidazole rings is 1. The predicted octanol–water partition coefficient (Wildman–Crippen LogP) is 11.2.